The number of benzene rings is 1. The fourth-order valence-electron chi connectivity index (χ4n) is 4.03. The van der Waals surface area contributed by atoms with Gasteiger partial charge in [-0.25, -0.2) is 9.37 Å². The van der Waals surface area contributed by atoms with Crippen molar-refractivity contribution < 1.29 is 9.18 Å². The molecule has 1 aromatic heterocycles. The second-order valence-electron chi connectivity index (χ2n) is 9.11. The first kappa shape index (κ1) is 23.8. The summed E-state index contributed by atoms with van der Waals surface area (Å²) < 4.78 is 14.1. The molecule has 1 aliphatic heterocycles. The molecule has 0 bridgehead atoms. The molecule has 170 valence electrons. The number of hydrogen-bond donors (Lipinski definition) is 0. The number of nitrogens with zero attached hydrogens (tertiary/aromatic N) is 4. The Labute approximate surface area is 189 Å². The van der Waals surface area contributed by atoms with Crippen molar-refractivity contribution in [3.8, 4) is 0 Å². The Kier molecular flexibility index (Phi) is 8.58. The highest BCUT2D eigenvalue weighted by Gasteiger charge is 2.26. The van der Waals surface area contributed by atoms with Crippen molar-refractivity contribution in [1.82, 2.24) is 19.7 Å². The standard InChI is InChI=1S/C24H35FN4OS/c1-18(2)23-26-22(17-31-23)24(30)29(13-12-27(3)4)15-19-8-7-11-28(14-19)16-20-9-5-6-10-21(20)25/h5-6,9-10,17-19H,7-8,11-16H2,1-4H3/t19-/m0/s1. The second-order valence-corrected chi connectivity index (χ2v) is 10.0. The Morgan fingerprint density at radius 3 is 2.74 bits per heavy atom. The quantitative estimate of drug-likeness (QED) is 0.575. The zero-order chi connectivity index (χ0) is 22.4. The average molecular weight is 447 g/mol. The smallest absolute Gasteiger partial charge is 0.273 e. The van der Waals surface area contributed by atoms with Gasteiger partial charge in [-0.3, -0.25) is 9.69 Å². The van der Waals surface area contributed by atoms with Gasteiger partial charge in [-0.2, -0.15) is 0 Å². The number of likely N-dealkylation sites (N-methyl/N-ethyl adjacent to an activating group) is 1. The normalized spacial score (nSPS) is 17.5. The lowest BCUT2D eigenvalue weighted by Crippen LogP contribution is -2.44. The molecule has 0 spiro atoms. The van der Waals surface area contributed by atoms with E-state index in [-0.39, 0.29) is 11.7 Å². The number of hydrogen-bond acceptors (Lipinski definition) is 5. The lowest BCUT2D eigenvalue weighted by atomic mass is 9.96. The highest BCUT2D eigenvalue weighted by molar-refractivity contribution is 7.09. The molecule has 1 amide bonds. The second kappa shape index (κ2) is 11.2. The van der Waals surface area contributed by atoms with Gasteiger partial charge in [-0.15, -0.1) is 11.3 Å². The number of piperidine rings is 1. The van der Waals surface area contributed by atoms with Crippen LogP contribution in [0.2, 0.25) is 0 Å². The third kappa shape index (κ3) is 6.82. The molecule has 0 N–H and O–H groups in total. The molecule has 1 saturated heterocycles. The molecule has 2 heterocycles. The van der Waals surface area contributed by atoms with E-state index in [4.69, 9.17) is 0 Å². The number of likely N-dealkylation sites (tertiary alicyclic amines) is 1. The predicted molar refractivity (Wildman–Crippen MR) is 125 cm³/mol. The highest BCUT2D eigenvalue weighted by atomic mass is 32.1. The monoisotopic (exact) mass is 446 g/mol. The third-order valence-electron chi connectivity index (χ3n) is 5.77. The average Bonchev–Trinajstić information content (AvgIpc) is 3.23. The summed E-state index contributed by atoms with van der Waals surface area (Å²) in [6.07, 6.45) is 2.16. The number of carbonyl (C=O) groups is 1. The van der Waals surface area contributed by atoms with Crippen LogP contribution < -0.4 is 0 Å². The van der Waals surface area contributed by atoms with Crippen LogP contribution in [0, 0.1) is 11.7 Å². The number of amides is 1. The Bertz CT molecular complexity index is 854. The first-order chi connectivity index (χ1) is 14.8. The zero-order valence-corrected chi connectivity index (χ0v) is 20.0. The van der Waals surface area contributed by atoms with E-state index in [1.165, 1.54) is 6.07 Å². The Hall–Kier alpha value is -1.83. The first-order valence-corrected chi connectivity index (χ1v) is 12.1. The van der Waals surface area contributed by atoms with E-state index < -0.39 is 0 Å². The third-order valence-corrected chi connectivity index (χ3v) is 6.92. The van der Waals surface area contributed by atoms with Crippen molar-refractivity contribution in [1.29, 1.82) is 0 Å². The van der Waals surface area contributed by atoms with Gasteiger partial charge in [0.05, 0.1) is 5.01 Å². The van der Waals surface area contributed by atoms with E-state index in [1.807, 2.05) is 36.5 Å². The maximum atomic E-state index is 14.1. The van der Waals surface area contributed by atoms with E-state index in [9.17, 15) is 9.18 Å². The van der Waals surface area contributed by atoms with Gasteiger partial charge in [0.15, 0.2) is 0 Å². The summed E-state index contributed by atoms with van der Waals surface area (Å²) in [7, 11) is 4.05. The van der Waals surface area contributed by atoms with E-state index in [0.717, 1.165) is 49.6 Å². The van der Waals surface area contributed by atoms with E-state index in [1.54, 1.807) is 17.4 Å². The van der Waals surface area contributed by atoms with E-state index >= 15 is 0 Å². The molecule has 0 aliphatic carbocycles. The lowest BCUT2D eigenvalue weighted by Gasteiger charge is -2.36. The predicted octanol–water partition coefficient (Wildman–Crippen LogP) is 4.32. The van der Waals surface area contributed by atoms with Crippen LogP contribution in [0.1, 0.15) is 53.7 Å². The van der Waals surface area contributed by atoms with Crippen molar-refractivity contribution in [2.45, 2.75) is 39.2 Å². The topological polar surface area (TPSA) is 39.7 Å². The largest absolute Gasteiger partial charge is 0.336 e. The Morgan fingerprint density at radius 2 is 2.06 bits per heavy atom. The molecule has 0 unspecified atom stereocenters. The summed E-state index contributed by atoms with van der Waals surface area (Å²) in [6.45, 7) is 8.90. The number of aromatic nitrogens is 1. The molecular formula is C24H35FN4OS. The molecule has 1 aromatic carbocycles. The van der Waals surface area contributed by atoms with Crippen molar-refractivity contribution in [2.75, 3.05) is 46.8 Å². The molecule has 0 saturated carbocycles. The maximum Gasteiger partial charge on any atom is 0.273 e. The molecule has 3 rings (SSSR count). The molecule has 1 atom stereocenters. The van der Waals surface area contributed by atoms with Crippen molar-refractivity contribution in [3.63, 3.8) is 0 Å². The van der Waals surface area contributed by atoms with Crippen molar-refractivity contribution in [3.05, 3.63) is 51.7 Å². The summed E-state index contributed by atoms with van der Waals surface area (Å²) in [6, 6.07) is 7.01. The number of halogens is 1. The van der Waals surface area contributed by atoms with Crippen LogP contribution in [0.3, 0.4) is 0 Å². The summed E-state index contributed by atoms with van der Waals surface area (Å²) >= 11 is 1.56. The van der Waals surface area contributed by atoms with Crippen molar-refractivity contribution >= 4 is 17.2 Å². The fraction of sp³-hybridized carbons (Fsp3) is 0.583. The zero-order valence-electron chi connectivity index (χ0n) is 19.2. The molecule has 31 heavy (non-hydrogen) atoms. The molecule has 1 fully saturated rings. The van der Waals surface area contributed by atoms with Crippen LogP contribution in [0.5, 0.6) is 0 Å². The number of carbonyl (C=O) groups excluding carboxylic acids is 1. The summed E-state index contributed by atoms with van der Waals surface area (Å²) in [5.41, 5.74) is 1.30. The summed E-state index contributed by atoms with van der Waals surface area (Å²) in [5, 5.41) is 2.90. The van der Waals surface area contributed by atoms with Gasteiger partial charge in [0.1, 0.15) is 11.5 Å². The van der Waals surface area contributed by atoms with Gasteiger partial charge in [0.25, 0.3) is 5.91 Å². The van der Waals surface area contributed by atoms with Gasteiger partial charge in [0.2, 0.25) is 0 Å². The van der Waals surface area contributed by atoms with E-state index in [0.29, 0.717) is 30.6 Å². The van der Waals surface area contributed by atoms with E-state index in [2.05, 4.69) is 28.6 Å². The highest BCUT2D eigenvalue weighted by Crippen LogP contribution is 2.23. The maximum absolute atomic E-state index is 14.1. The number of thiazole rings is 1. The first-order valence-electron chi connectivity index (χ1n) is 11.2. The lowest BCUT2D eigenvalue weighted by molar-refractivity contribution is 0.0655. The van der Waals surface area contributed by atoms with Crippen LogP contribution in [0.25, 0.3) is 0 Å². The van der Waals surface area contributed by atoms with Crippen LogP contribution in [0.4, 0.5) is 4.39 Å². The minimum Gasteiger partial charge on any atom is -0.336 e. The van der Waals surface area contributed by atoms with Gasteiger partial charge >= 0.3 is 0 Å². The SMILES string of the molecule is CC(C)c1nc(C(=O)N(CCN(C)C)C[C@H]2CCCN(Cc3ccccc3F)C2)cs1. The van der Waals surface area contributed by atoms with Gasteiger partial charge < -0.3 is 9.80 Å². The molecule has 1 aliphatic rings. The molecule has 0 radical (unpaired) electrons. The summed E-state index contributed by atoms with van der Waals surface area (Å²) in [4.78, 5) is 24.3. The number of rotatable bonds is 9. The van der Waals surface area contributed by atoms with Crippen LogP contribution in [-0.4, -0.2) is 72.4 Å². The minimum absolute atomic E-state index is 0.0243. The van der Waals surface area contributed by atoms with Gasteiger partial charge in [0, 0.05) is 49.6 Å². The van der Waals surface area contributed by atoms with Gasteiger partial charge in [-0.1, -0.05) is 32.0 Å². The van der Waals surface area contributed by atoms with Crippen LogP contribution in [0.15, 0.2) is 29.6 Å². The molecule has 5 nitrogen and oxygen atoms in total. The Morgan fingerprint density at radius 1 is 1.29 bits per heavy atom. The fourth-order valence-corrected chi connectivity index (χ4v) is 4.84. The molecule has 7 heteroatoms. The van der Waals surface area contributed by atoms with Crippen molar-refractivity contribution in [2.24, 2.45) is 5.92 Å². The minimum atomic E-state index is -0.142. The Balaban J connectivity index is 1.66. The molecular weight excluding hydrogens is 411 g/mol. The molecule has 2 aromatic rings. The van der Waals surface area contributed by atoms with Gasteiger partial charge in [-0.05, 0) is 45.5 Å². The van der Waals surface area contributed by atoms with Crippen LogP contribution >= 0.6 is 11.3 Å². The van der Waals surface area contributed by atoms with Crippen LogP contribution in [-0.2, 0) is 6.54 Å². The summed E-state index contributed by atoms with van der Waals surface area (Å²) in [5.74, 6) is 0.593.